The molecule has 0 unspecified atom stereocenters. The fourth-order valence-electron chi connectivity index (χ4n) is 2.30. The molecule has 1 amide bonds. The highest BCUT2D eigenvalue weighted by molar-refractivity contribution is 9.10. The minimum atomic E-state index is -0.217. The second-order valence-corrected chi connectivity index (χ2v) is 5.84. The Morgan fingerprint density at radius 1 is 1.18 bits per heavy atom. The number of halogens is 1. The lowest BCUT2D eigenvalue weighted by Crippen LogP contribution is -2.17. The summed E-state index contributed by atoms with van der Waals surface area (Å²) in [5.74, 6) is -0.217. The highest BCUT2D eigenvalue weighted by Gasteiger charge is 2.12. The first-order chi connectivity index (χ1) is 10.6. The predicted molar refractivity (Wildman–Crippen MR) is 92.1 cm³/mol. The molecule has 0 bridgehead atoms. The van der Waals surface area contributed by atoms with Crippen molar-refractivity contribution in [2.75, 3.05) is 0 Å². The zero-order valence-electron chi connectivity index (χ0n) is 12.0. The smallest absolute Gasteiger partial charge is 0.273 e. The maximum atomic E-state index is 12.3. The van der Waals surface area contributed by atoms with Crippen LogP contribution in [0.4, 0.5) is 0 Å². The van der Waals surface area contributed by atoms with E-state index in [1.54, 1.807) is 6.21 Å². The highest BCUT2D eigenvalue weighted by Crippen LogP contribution is 2.20. The molecule has 0 spiro atoms. The van der Waals surface area contributed by atoms with Crippen molar-refractivity contribution >= 4 is 39.0 Å². The Bertz CT molecular complexity index is 850. The minimum absolute atomic E-state index is 0.217. The van der Waals surface area contributed by atoms with Gasteiger partial charge in [0.15, 0.2) is 0 Å². The van der Waals surface area contributed by atoms with E-state index in [4.69, 9.17) is 0 Å². The van der Waals surface area contributed by atoms with E-state index in [0.29, 0.717) is 5.56 Å². The van der Waals surface area contributed by atoms with Crippen LogP contribution in [0.5, 0.6) is 0 Å². The van der Waals surface area contributed by atoms with Crippen LogP contribution in [0.1, 0.15) is 15.9 Å². The first-order valence-electron chi connectivity index (χ1n) is 6.78. The summed E-state index contributed by atoms with van der Waals surface area (Å²) >= 11 is 3.38. The molecule has 3 rings (SSSR count). The number of para-hydroxylation sites is 1. The van der Waals surface area contributed by atoms with E-state index >= 15 is 0 Å². The van der Waals surface area contributed by atoms with Crippen LogP contribution in [0.25, 0.3) is 10.9 Å². The molecule has 110 valence electrons. The molecule has 1 heterocycles. The van der Waals surface area contributed by atoms with Crippen LogP contribution in [-0.2, 0) is 7.05 Å². The van der Waals surface area contributed by atoms with Gasteiger partial charge in [-0.25, -0.2) is 5.43 Å². The standard InChI is InChI=1S/C17H14BrN3O/c1-21-11-15(14-4-2-3-5-16(14)21)17(22)20-19-10-12-6-8-13(18)9-7-12/h2-11H,1H3,(H,20,22)/b19-10+. The maximum Gasteiger partial charge on any atom is 0.273 e. The zero-order valence-corrected chi connectivity index (χ0v) is 13.5. The first kappa shape index (κ1) is 14.5. The number of amides is 1. The van der Waals surface area contributed by atoms with Gasteiger partial charge in [0.05, 0.1) is 11.8 Å². The van der Waals surface area contributed by atoms with E-state index in [2.05, 4.69) is 26.5 Å². The average Bonchev–Trinajstić information content (AvgIpc) is 2.87. The fraction of sp³-hybridized carbons (Fsp3) is 0.0588. The second-order valence-electron chi connectivity index (χ2n) is 4.92. The van der Waals surface area contributed by atoms with Crippen LogP contribution in [0.3, 0.4) is 0 Å². The number of carbonyl (C=O) groups is 1. The van der Waals surface area contributed by atoms with Gasteiger partial charge in [-0.3, -0.25) is 4.79 Å². The summed E-state index contributed by atoms with van der Waals surface area (Å²) in [6.07, 6.45) is 3.44. The number of hydrazone groups is 1. The molecule has 2 aromatic carbocycles. The molecule has 0 atom stereocenters. The normalized spacial score (nSPS) is 11.2. The van der Waals surface area contributed by atoms with Crippen molar-refractivity contribution in [1.82, 2.24) is 9.99 Å². The molecule has 0 aliphatic heterocycles. The lowest BCUT2D eigenvalue weighted by molar-refractivity contribution is 0.0956. The van der Waals surface area contributed by atoms with Gasteiger partial charge in [-0.05, 0) is 23.8 Å². The van der Waals surface area contributed by atoms with Crippen LogP contribution in [0.2, 0.25) is 0 Å². The fourth-order valence-corrected chi connectivity index (χ4v) is 2.56. The summed E-state index contributed by atoms with van der Waals surface area (Å²) in [6, 6.07) is 15.5. The Hall–Kier alpha value is -2.40. The van der Waals surface area contributed by atoms with Gasteiger partial charge in [0.2, 0.25) is 0 Å². The van der Waals surface area contributed by atoms with Crippen LogP contribution in [-0.4, -0.2) is 16.7 Å². The predicted octanol–water partition coefficient (Wildman–Crippen LogP) is 3.70. The largest absolute Gasteiger partial charge is 0.350 e. The van der Waals surface area contributed by atoms with Crippen molar-refractivity contribution in [2.45, 2.75) is 0 Å². The number of aryl methyl sites for hydroxylation is 1. The van der Waals surface area contributed by atoms with E-state index in [0.717, 1.165) is 20.9 Å². The van der Waals surface area contributed by atoms with Gasteiger partial charge in [-0.2, -0.15) is 5.10 Å². The Labute approximate surface area is 136 Å². The number of fused-ring (bicyclic) bond motifs is 1. The number of aromatic nitrogens is 1. The van der Waals surface area contributed by atoms with Crippen molar-refractivity contribution in [3.63, 3.8) is 0 Å². The Morgan fingerprint density at radius 3 is 2.68 bits per heavy atom. The summed E-state index contributed by atoms with van der Waals surface area (Å²) in [5, 5.41) is 4.93. The molecule has 0 saturated carbocycles. The number of benzene rings is 2. The van der Waals surface area contributed by atoms with Crippen molar-refractivity contribution in [3.8, 4) is 0 Å². The van der Waals surface area contributed by atoms with Gasteiger partial charge in [-0.15, -0.1) is 0 Å². The van der Waals surface area contributed by atoms with E-state index in [9.17, 15) is 4.79 Å². The zero-order chi connectivity index (χ0) is 15.5. The molecule has 0 radical (unpaired) electrons. The third-order valence-corrected chi connectivity index (χ3v) is 3.92. The molecular weight excluding hydrogens is 342 g/mol. The molecule has 0 aliphatic rings. The number of hydrogen-bond acceptors (Lipinski definition) is 2. The van der Waals surface area contributed by atoms with Gasteiger partial charge in [0, 0.05) is 28.6 Å². The molecule has 5 heteroatoms. The Balaban J connectivity index is 1.78. The molecule has 0 saturated heterocycles. The summed E-state index contributed by atoms with van der Waals surface area (Å²) in [5.41, 5.74) is 5.13. The number of rotatable bonds is 3. The van der Waals surface area contributed by atoms with Crippen molar-refractivity contribution < 1.29 is 4.79 Å². The summed E-state index contributed by atoms with van der Waals surface area (Å²) in [7, 11) is 1.92. The van der Waals surface area contributed by atoms with Gasteiger partial charge in [-0.1, -0.05) is 46.3 Å². The third kappa shape index (κ3) is 2.94. The van der Waals surface area contributed by atoms with Gasteiger partial charge in [0.25, 0.3) is 5.91 Å². The van der Waals surface area contributed by atoms with E-state index in [1.165, 1.54) is 0 Å². The van der Waals surface area contributed by atoms with Crippen molar-refractivity contribution in [1.29, 1.82) is 0 Å². The lowest BCUT2D eigenvalue weighted by atomic mass is 10.2. The quantitative estimate of drug-likeness (QED) is 0.565. The molecule has 22 heavy (non-hydrogen) atoms. The monoisotopic (exact) mass is 355 g/mol. The molecule has 0 aliphatic carbocycles. The maximum absolute atomic E-state index is 12.3. The lowest BCUT2D eigenvalue weighted by Gasteiger charge is -1.98. The molecule has 1 N–H and O–H groups in total. The van der Waals surface area contributed by atoms with Gasteiger partial charge in [0.1, 0.15) is 0 Å². The SMILES string of the molecule is Cn1cc(C(=O)N/N=C/c2ccc(Br)cc2)c2ccccc21. The van der Waals surface area contributed by atoms with Gasteiger partial charge < -0.3 is 4.57 Å². The van der Waals surface area contributed by atoms with Crippen LogP contribution >= 0.6 is 15.9 Å². The van der Waals surface area contributed by atoms with E-state index in [-0.39, 0.29) is 5.91 Å². The summed E-state index contributed by atoms with van der Waals surface area (Å²) in [6.45, 7) is 0. The molecule has 0 fully saturated rings. The Kier molecular flexibility index (Phi) is 4.06. The van der Waals surface area contributed by atoms with Crippen molar-refractivity contribution in [3.05, 3.63) is 70.3 Å². The molecule has 4 nitrogen and oxygen atoms in total. The summed E-state index contributed by atoms with van der Waals surface area (Å²) < 4.78 is 2.94. The Morgan fingerprint density at radius 2 is 1.91 bits per heavy atom. The molecule has 3 aromatic rings. The minimum Gasteiger partial charge on any atom is -0.350 e. The average molecular weight is 356 g/mol. The third-order valence-electron chi connectivity index (χ3n) is 3.39. The number of nitrogens with zero attached hydrogens (tertiary/aromatic N) is 2. The van der Waals surface area contributed by atoms with E-state index in [1.807, 2.05) is 66.3 Å². The summed E-state index contributed by atoms with van der Waals surface area (Å²) in [4.78, 5) is 12.3. The number of hydrogen-bond donors (Lipinski definition) is 1. The molecular formula is C17H14BrN3O. The van der Waals surface area contributed by atoms with Crippen LogP contribution < -0.4 is 5.43 Å². The van der Waals surface area contributed by atoms with Crippen molar-refractivity contribution in [2.24, 2.45) is 12.1 Å². The highest BCUT2D eigenvalue weighted by atomic mass is 79.9. The van der Waals surface area contributed by atoms with Gasteiger partial charge >= 0.3 is 0 Å². The molecule has 1 aromatic heterocycles. The topological polar surface area (TPSA) is 46.4 Å². The van der Waals surface area contributed by atoms with Crippen LogP contribution in [0, 0.1) is 0 Å². The van der Waals surface area contributed by atoms with E-state index < -0.39 is 0 Å². The number of carbonyl (C=O) groups excluding carboxylic acids is 1. The first-order valence-corrected chi connectivity index (χ1v) is 7.57. The van der Waals surface area contributed by atoms with Crippen LogP contribution in [0.15, 0.2) is 64.3 Å². The second kappa shape index (κ2) is 6.15. The number of nitrogens with one attached hydrogen (secondary N) is 1.